The summed E-state index contributed by atoms with van der Waals surface area (Å²) in [5, 5.41) is 9.17. The van der Waals surface area contributed by atoms with Crippen LogP contribution < -0.4 is 9.64 Å². The van der Waals surface area contributed by atoms with E-state index in [-0.39, 0.29) is 11.5 Å². The number of amides is 1. The molecule has 0 spiro atoms. The zero-order chi connectivity index (χ0) is 15.2. The quantitative estimate of drug-likeness (QED) is 0.777. The molecule has 1 saturated heterocycles. The van der Waals surface area contributed by atoms with Crippen molar-refractivity contribution in [3.05, 3.63) is 23.8 Å². The van der Waals surface area contributed by atoms with E-state index in [0.717, 1.165) is 6.42 Å². The van der Waals surface area contributed by atoms with Crippen LogP contribution in [0.3, 0.4) is 0 Å². The monoisotopic (exact) mass is 293 g/mol. The summed E-state index contributed by atoms with van der Waals surface area (Å²) in [5.74, 6) is -0.561. The van der Waals surface area contributed by atoms with Gasteiger partial charge in [0.2, 0.25) is 5.91 Å². The smallest absolute Gasteiger partial charge is 0.335 e. The number of methoxy groups -OCH3 is 1. The van der Waals surface area contributed by atoms with Crippen molar-refractivity contribution in [1.29, 1.82) is 0 Å². The normalized spacial score (nSPS) is 14.5. The van der Waals surface area contributed by atoms with Crippen LogP contribution in [0.15, 0.2) is 18.2 Å². The molecule has 0 saturated carbocycles. The molecule has 0 bridgehead atoms. The lowest BCUT2D eigenvalue weighted by molar-refractivity contribution is -0.117. The summed E-state index contributed by atoms with van der Waals surface area (Å²) < 4.78 is 10.5. The third kappa shape index (κ3) is 3.95. The van der Waals surface area contributed by atoms with E-state index >= 15 is 0 Å². The molecule has 21 heavy (non-hydrogen) atoms. The van der Waals surface area contributed by atoms with Gasteiger partial charge in [0.1, 0.15) is 5.75 Å². The standard InChI is InChI=1S/C15H19NO5/c1-20-6-3-7-21-13-9-11(15(18)19)8-12(10-13)16-5-2-4-14(16)17/h8-10H,2-7H2,1H3,(H,18,19). The van der Waals surface area contributed by atoms with E-state index in [1.54, 1.807) is 18.1 Å². The van der Waals surface area contributed by atoms with E-state index in [4.69, 9.17) is 9.47 Å². The van der Waals surface area contributed by atoms with E-state index in [1.807, 2.05) is 0 Å². The zero-order valence-corrected chi connectivity index (χ0v) is 12.0. The van der Waals surface area contributed by atoms with Gasteiger partial charge in [-0.1, -0.05) is 0 Å². The summed E-state index contributed by atoms with van der Waals surface area (Å²) in [6, 6.07) is 4.69. The number of benzene rings is 1. The van der Waals surface area contributed by atoms with Crippen LogP contribution in [0.5, 0.6) is 5.75 Å². The van der Waals surface area contributed by atoms with Gasteiger partial charge in [0.25, 0.3) is 0 Å². The first kappa shape index (κ1) is 15.3. The van der Waals surface area contributed by atoms with Gasteiger partial charge in [0, 0.05) is 44.9 Å². The number of nitrogens with zero attached hydrogens (tertiary/aromatic N) is 1. The van der Waals surface area contributed by atoms with Gasteiger partial charge in [0.15, 0.2) is 0 Å². The van der Waals surface area contributed by atoms with Gasteiger partial charge in [-0.15, -0.1) is 0 Å². The molecule has 2 rings (SSSR count). The molecule has 1 aliphatic heterocycles. The minimum Gasteiger partial charge on any atom is -0.493 e. The van der Waals surface area contributed by atoms with Crippen LogP contribution in [-0.4, -0.2) is 43.9 Å². The lowest BCUT2D eigenvalue weighted by Crippen LogP contribution is -2.24. The number of carboxylic acids is 1. The average Bonchev–Trinajstić information content (AvgIpc) is 2.89. The predicted octanol–water partition coefficient (Wildman–Crippen LogP) is 1.93. The molecule has 0 atom stereocenters. The molecule has 6 heteroatoms. The Labute approximate surface area is 123 Å². The molecule has 1 aromatic rings. The third-order valence-corrected chi connectivity index (χ3v) is 3.28. The summed E-state index contributed by atoms with van der Waals surface area (Å²) >= 11 is 0. The number of ether oxygens (including phenoxy) is 2. The fourth-order valence-electron chi connectivity index (χ4n) is 2.26. The molecular weight excluding hydrogens is 274 g/mol. The van der Waals surface area contributed by atoms with Crippen molar-refractivity contribution in [2.24, 2.45) is 0 Å². The van der Waals surface area contributed by atoms with Gasteiger partial charge in [-0.3, -0.25) is 4.79 Å². The first-order chi connectivity index (χ1) is 10.1. The van der Waals surface area contributed by atoms with Gasteiger partial charge < -0.3 is 19.5 Å². The lowest BCUT2D eigenvalue weighted by Gasteiger charge is -2.18. The Balaban J connectivity index is 2.17. The lowest BCUT2D eigenvalue weighted by atomic mass is 10.1. The highest BCUT2D eigenvalue weighted by Gasteiger charge is 2.23. The van der Waals surface area contributed by atoms with Crippen molar-refractivity contribution >= 4 is 17.6 Å². The second-order valence-electron chi connectivity index (χ2n) is 4.86. The van der Waals surface area contributed by atoms with E-state index in [2.05, 4.69) is 0 Å². The molecule has 0 aliphatic carbocycles. The Morgan fingerprint density at radius 3 is 2.76 bits per heavy atom. The first-order valence-electron chi connectivity index (χ1n) is 6.92. The number of carbonyl (C=O) groups is 2. The van der Waals surface area contributed by atoms with Crippen molar-refractivity contribution in [3.8, 4) is 5.75 Å². The van der Waals surface area contributed by atoms with Gasteiger partial charge in [-0.2, -0.15) is 0 Å². The number of hydrogen-bond acceptors (Lipinski definition) is 4. The van der Waals surface area contributed by atoms with Crippen LogP contribution in [0.2, 0.25) is 0 Å². The van der Waals surface area contributed by atoms with Crippen molar-refractivity contribution in [1.82, 2.24) is 0 Å². The molecule has 6 nitrogen and oxygen atoms in total. The Morgan fingerprint density at radius 2 is 2.14 bits per heavy atom. The average molecular weight is 293 g/mol. The molecule has 1 amide bonds. The number of carbonyl (C=O) groups excluding carboxylic acids is 1. The maximum absolute atomic E-state index is 11.8. The highest BCUT2D eigenvalue weighted by Crippen LogP contribution is 2.27. The second kappa shape index (κ2) is 7.08. The number of anilines is 1. The maximum atomic E-state index is 11.8. The van der Waals surface area contributed by atoms with Crippen molar-refractivity contribution in [2.45, 2.75) is 19.3 Å². The van der Waals surface area contributed by atoms with Gasteiger partial charge in [-0.25, -0.2) is 4.79 Å². The Hall–Kier alpha value is -2.08. The van der Waals surface area contributed by atoms with Crippen molar-refractivity contribution in [2.75, 3.05) is 31.8 Å². The molecule has 0 aromatic heterocycles. The van der Waals surface area contributed by atoms with Crippen LogP contribution >= 0.6 is 0 Å². The van der Waals surface area contributed by atoms with Crippen LogP contribution in [0.25, 0.3) is 0 Å². The summed E-state index contributed by atoms with van der Waals surface area (Å²) in [5.41, 5.74) is 0.702. The molecule has 1 heterocycles. The fraction of sp³-hybridized carbons (Fsp3) is 0.467. The molecule has 0 unspecified atom stereocenters. The molecule has 1 fully saturated rings. The molecule has 1 aliphatic rings. The maximum Gasteiger partial charge on any atom is 0.335 e. The highest BCUT2D eigenvalue weighted by molar-refractivity contribution is 5.97. The van der Waals surface area contributed by atoms with Crippen molar-refractivity contribution < 1.29 is 24.2 Å². The van der Waals surface area contributed by atoms with Crippen molar-refractivity contribution in [3.63, 3.8) is 0 Å². The van der Waals surface area contributed by atoms with E-state index in [0.29, 0.717) is 44.0 Å². The largest absolute Gasteiger partial charge is 0.493 e. The Kier molecular flexibility index (Phi) is 5.16. The van der Waals surface area contributed by atoms with Gasteiger partial charge in [0.05, 0.1) is 12.2 Å². The van der Waals surface area contributed by atoms with Crippen LogP contribution in [-0.2, 0) is 9.53 Å². The van der Waals surface area contributed by atoms with E-state index in [9.17, 15) is 14.7 Å². The zero-order valence-electron chi connectivity index (χ0n) is 12.0. The highest BCUT2D eigenvalue weighted by atomic mass is 16.5. The van der Waals surface area contributed by atoms with Gasteiger partial charge in [-0.05, 0) is 18.6 Å². The number of aromatic carboxylic acids is 1. The molecule has 0 radical (unpaired) electrons. The van der Waals surface area contributed by atoms with Crippen LogP contribution in [0.4, 0.5) is 5.69 Å². The molecule has 114 valence electrons. The third-order valence-electron chi connectivity index (χ3n) is 3.28. The minimum atomic E-state index is -1.04. The fourth-order valence-corrected chi connectivity index (χ4v) is 2.26. The van der Waals surface area contributed by atoms with Gasteiger partial charge >= 0.3 is 5.97 Å². The topological polar surface area (TPSA) is 76.1 Å². The Morgan fingerprint density at radius 1 is 1.33 bits per heavy atom. The SMILES string of the molecule is COCCCOc1cc(C(=O)O)cc(N2CCCC2=O)c1. The second-order valence-corrected chi connectivity index (χ2v) is 4.86. The first-order valence-corrected chi connectivity index (χ1v) is 6.92. The van der Waals surface area contributed by atoms with E-state index in [1.165, 1.54) is 12.1 Å². The van der Waals surface area contributed by atoms with Crippen LogP contribution in [0.1, 0.15) is 29.6 Å². The summed E-state index contributed by atoms with van der Waals surface area (Å²) in [7, 11) is 1.61. The molecular formula is C15H19NO5. The number of hydrogen-bond donors (Lipinski definition) is 1. The summed E-state index contributed by atoms with van der Waals surface area (Å²) in [4.78, 5) is 24.6. The Bertz CT molecular complexity index is 529. The molecule has 1 aromatic carbocycles. The summed E-state index contributed by atoms with van der Waals surface area (Å²) in [6.45, 7) is 1.63. The molecule has 1 N–H and O–H groups in total. The predicted molar refractivity (Wildman–Crippen MR) is 77.0 cm³/mol. The minimum absolute atomic E-state index is 0.0165. The van der Waals surface area contributed by atoms with Crippen LogP contribution in [0, 0.1) is 0 Å². The number of carboxylic acid groups (broad SMARTS) is 1. The van der Waals surface area contributed by atoms with E-state index < -0.39 is 5.97 Å². The number of rotatable bonds is 7. The summed E-state index contributed by atoms with van der Waals surface area (Å²) in [6.07, 6.45) is 2.01.